The van der Waals surface area contributed by atoms with Gasteiger partial charge in [-0.2, -0.15) is 0 Å². The first-order valence-corrected chi connectivity index (χ1v) is 5.12. The average Bonchev–Trinajstić information content (AvgIpc) is 2.29. The third kappa shape index (κ3) is 1.80. The molecule has 2 heteroatoms. The zero-order valence-electron chi connectivity index (χ0n) is 8.59. The highest BCUT2D eigenvalue weighted by atomic mass is 15.2. The van der Waals surface area contributed by atoms with Crippen LogP contribution in [-0.2, 0) is 0 Å². The van der Waals surface area contributed by atoms with E-state index >= 15 is 0 Å². The van der Waals surface area contributed by atoms with Crippen LogP contribution in [0.15, 0.2) is 0 Å². The summed E-state index contributed by atoms with van der Waals surface area (Å²) in [4.78, 5) is 2.53. The van der Waals surface area contributed by atoms with Crippen LogP contribution < -0.4 is 5.73 Å². The predicted octanol–water partition coefficient (Wildman–Crippen LogP) is 1.45. The highest BCUT2D eigenvalue weighted by Crippen LogP contribution is 2.31. The molecule has 1 aliphatic rings. The minimum absolute atomic E-state index is 0.745. The third-order valence-corrected chi connectivity index (χ3v) is 3.32. The number of likely N-dealkylation sites (tertiary alicyclic amines) is 1. The molecule has 0 saturated carbocycles. The summed E-state index contributed by atoms with van der Waals surface area (Å²) < 4.78 is 0. The summed E-state index contributed by atoms with van der Waals surface area (Å²) in [6.07, 6.45) is 3.78. The van der Waals surface area contributed by atoms with Crippen LogP contribution in [0.4, 0.5) is 0 Å². The van der Waals surface area contributed by atoms with E-state index < -0.39 is 0 Å². The summed E-state index contributed by atoms with van der Waals surface area (Å²) in [5, 5.41) is 0. The third-order valence-electron chi connectivity index (χ3n) is 3.32. The number of nitrogens with two attached hydrogens (primary N) is 1. The number of hydrogen-bond acceptors (Lipinski definition) is 2. The van der Waals surface area contributed by atoms with Gasteiger partial charge in [0.1, 0.15) is 0 Å². The molecular formula is C10H22N2. The number of hydrogen-bond donors (Lipinski definition) is 1. The Morgan fingerprint density at radius 3 is 2.58 bits per heavy atom. The topological polar surface area (TPSA) is 29.3 Å². The van der Waals surface area contributed by atoms with Crippen molar-refractivity contribution in [1.82, 2.24) is 4.90 Å². The maximum Gasteiger partial charge on any atom is 0.0119 e. The SMILES string of the molecule is CC[C@H]1[C@H](C)C[C@H](CCN)N1C. The molecule has 0 spiro atoms. The lowest BCUT2D eigenvalue weighted by Gasteiger charge is -2.25. The number of rotatable bonds is 3. The van der Waals surface area contributed by atoms with Crippen LogP contribution in [0, 0.1) is 5.92 Å². The Morgan fingerprint density at radius 1 is 1.50 bits per heavy atom. The molecule has 0 aromatic carbocycles. The molecule has 0 aromatic heterocycles. The Kier molecular flexibility index (Phi) is 3.53. The van der Waals surface area contributed by atoms with E-state index in [0.29, 0.717) is 0 Å². The van der Waals surface area contributed by atoms with Crippen LogP contribution in [0.1, 0.15) is 33.1 Å². The lowest BCUT2D eigenvalue weighted by molar-refractivity contribution is 0.216. The first-order valence-electron chi connectivity index (χ1n) is 5.12. The van der Waals surface area contributed by atoms with E-state index in [1.54, 1.807) is 0 Å². The molecule has 3 atom stereocenters. The van der Waals surface area contributed by atoms with Gasteiger partial charge in [-0.1, -0.05) is 13.8 Å². The molecule has 0 bridgehead atoms. The molecule has 1 saturated heterocycles. The minimum Gasteiger partial charge on any atom is -0.330 e. The van der Waals surface area contributed by atoms with E-state index in [0.717, 1.165) is 31.0 Å². The van der Waals surface area contributed by atoms with Crippen LogP contribution in [-0.4, -0.2) is 30.6 Å². The van der Waals surface area contributed by atoms with Gasteiger partial charge in [0.15, 0.2) is 0 Å². The lowest BCUT2D eigenvalue weighted by Crippen LogP contribution is -2.34. The van der Waals surface area contributed by atoms with Gasteiger partial charge in [0, 0.05) is 12.1 Å². The zero-order valence-corrected chi connectivity index (χ0v) is 8.59. The van der Waals surface area contributed by atoms with Crippen LogP contribution in [0.5, 0.6) is 0 Å². The molecule has 1 fully saturated rings. The van der Waals surface area contributed by atoms with Crippen molar-refractivity contribution in [3.63, 3.8) is 0 Å². The summed E-state index contributed by atoms with van der Waals surface area (Å²) in [6.45, 7) is 5.47. The van der Waals surface area contributed by atoms with Crippen molar-refractivity contribution in [3.05, 3.63) is 0 Å². The quantitative estimate of drug-likeness (QED) is 0.694. The summed E-state index contributed by atoms with van der Waals surface area (Å²) in [7, 11) is 2.25. The van der Waals surface area contributed by atoms with Crippen LogP contribution in [0.3, 0.4) is 0 Å². The van der Waals surface area contributed by atoms with Crippen molar-refractivity contribution >= 4 is 0 Å². The smallest absolute Gasteiger partial charge is 0.0119 e. The van der Waals surface area contributed by atoms with Crippen molar-refractivity contribution in [2.75, 3.05) is 13.6 Å². The van der Waals surface area contributed by atoms with Gasteiger partial charge in [0.25, 0.3) is 0 Å². The average molecular weight is 170 g/mol. The lowest BCUT2D eigenvalue weighted by atomic mass is 9.99. The molecule has 1 rings (SSSR count). The van der Waals surface area contributed by atoms with Gasteiger partial charge in [0.05, 0.1) is 0 Å². The molecule has 72 valence electrons. The maximum absolute atomic E-state index is 5.58. The van der Waals surface area contributed by atoms with Crippen molar-refractivity contribution in [3.8, 4) is 0 Å². The fraction of sp³-hybridized carbons (Fsp3) is 1.00. The largest absolute Gasteiger partial charge is 0.330 e. The van der Waals surface area contributed by atoms with Gasteiger partial charge >= 0.3 is 0 Å². The second-order valence-electron chi connectivity index (χ2n) is 4.09. The maximum atomic E-state index is 5.58. The molecule has 0 unspecified atom stereocenters. The van der Waals surface area contributed by atoms with Crippen molar-refractivity contribution in [2.24, 2.45) is 11.7 Å². The van der Waals surface area contributed by atoms with Gasteiger partial charge in [-0.25, -0.2) is 0 Å². The zero-order chi connectivity index (χ0) is 9.14. The van der Waals surface area contributed by atoms with E-state index in [4.69, 9.17) is 5.73 Å². The van der Waals surface area contributed by atoms with Gasteiger partial charge in [0.2, 0.25) is 0 Å². The molecular weight excluding hydrogens is 148 g/mol. The van der Waals surface area contributed by atoms with Gasteiger partial charge < -0.3 is 10.6 Å². The summed E-state index contributed by atoms with van der Waals surface area (Å²) in [6, 6.07) is 1.54. The van der Waals surface area contributed by atoms with Crippen molar-refractivity contribution < 1.29 is 0 Å². The molecule has 2 nitrogen and oxygen atoms in total. The predicted molar refractivity (Wildman–Crippen MR) is 53.1 cm³/mol. The number of nitrogens with zero attached hydrogens (tertiary/aromatic N) is 1. The first kappa shape index (κ1) is 10.0. The molecule has 0 aliphatic carbocycles. The van der Waals surface area contributed by atoms with E-state index in [1.165, 1.54) is 12.8 Å². The molecule has 12 heavy (non-hydrogen) atoms. The summed E-state index contributed by atoms with van der Waals surface area (Å²) >= 11 is 0. The minimum atomic E-state index is 0.745. The normalized spacial score (nSPS) is 37.5. The molecule has 2 N–H and O–H groups in total. The fourth-order valence-electron chi connectivity index (χ4n) is 2.63. The van der Waals surface area contributed by atoms with Crippen molar-refractivity contribution in [2.45, 2.75) is 45.2 Å². The van der Waals surface area contributed by atoms with Gasteiger partial charge in [-0.05, 0) is 38.8 Å². The highest BCUT2D eigenvalue weighted by molar-refractivity contribution is 4.89. The van der Waals surface area contributed by atoms with Crippen LogP contribution >= 0.6 is 0 Å². The molecule has 0 radical (unpaired) electrons. The molecule has 0 amide bonds. The van der Waals surface area contributed by atoms with Gasteiger partial charge in [-0.15, -0.1) is 0 Å². The molecule has 1 heterocycles. The van der Waals surface area contributed by atoms with Crippen LogP contribution in [0.25, 0.3) is 0 Å². The van der Waals surface area contributed by atoms with E-state index in [1.807, 2.05) is 0 Å². The molecule has 1 aliphatic heterocycles. The Morgan fingerprint density at radius 2 is 2.17 bits per heavy atom. The van der Waals surface area contributed by atoms with Crippen molar-refractivity contribution in [1.29, 1.82) is 0 Å². The van der Waals surface area contributed by atoms with Gasteiger partial charge in [-0.3, -0.25) is 0 Å². The van der Waals surface area contributed by atoms with E-state index in [-0.39, 0.29) is 0 Å². The Labute approximate surface area is 76.1 Å². The standard InChI is InChI=1S/C10H22N2/c1-4-10-8(2)7-9(5-6-11)12(10)3/h8-10H,4-7,11H2,1-3H3/t8-,9+,10+/m1/s1. The summed E-state index contributed by atoms with van der Waals surface area (Å²) in [5.74, 6) is 0.858. The Bertz CT molecular complexity index is 136. The monoisotopic (exact) mass is 170 g/mol. The van der Waals surface area contributed by atoms with Crippen LogP contribution in [0.2, 0.25) is 0 Å². The Hall–Kier alpha value is -0.0800. The second-order valence-corrected chi connectivity index (χ2v) is 4.09. The Balaban J connectivity index is 2.49. The van der Waals surface area contributed by atoms with E-state index in [2.05, 4.69) is 25.8 Å². The van der Waals surface area contributed by atoms with E-state index in [9.17, 15) is 0 Å². The summed E-state index contributed by atoms with van der Waals surface area (Å²) in [5.41, 5.74) is 5.58. The highest BCUT2D eigenvalue weighted by Gasteiger charge is 2.33. The second kappa shape index (κ2) is 4.24. The first-order chi connectivity index (χ1) is 5.70. The molecule has 0 aromatic rings. The fourth-order valence-corrected chi connectivity index (χ4v) is 2.63.